The molecule has 2 nitrogen and oxygen atoms in total. The van der Waals surface area contributed by atoms with Gasteiger partial charge in [-0.1, -0.05) is 18.2 Å². The molecule has 1 aromatic rings. The van der Waals surface area contributed by atoms with Crippen molar-refractivity contribution in [2.45, 2.75) is 24.3 Å². The Bertz CT molecular complexity index is 363. The van der Waals surface area contributed by atoms with Crippen LogP contribution in [0.25, 0.3) is 0 Å². The molecule has 1 fully saturated rings. The number of ether oxygens (including phenoxy) is 1. The van der Waals surface area contributed by atoms with Crippen molar-refractivity contribution >= 4 is 0 Å². The second-order valence-corrected chi connectivity index (χ2v) is 4.30. The van der Waals surface area contributed by atoms with Gasteiger partial charge in [0.15, 0.2) is 0 Å². The SMILES string of the molecule is CNC1CC12CCOc1ccccc12. The van der Waals surface area contributed by atoms with E-state index >= 15 is 0 Å². The lowest BCUT2D eigenvalue weighted by molar-refractivity contribution is 0.256. The van der Waals surface area contributed by atoms with Crippen molar-refractivity contribution in [1.82, 2.24) is 5.32 Å². The molecule has 1 aromatic carbocycles. The van der Waals surface area contributed by atoms with Gasteiger partial charge in [0.2, 0.25) is 0 Å². The van der Waals surface area contributed by atoms with Crippen molar-refractivity contribution in [3.05, 3.63) is 29.8 Å². The smallest absolute Gasteiger partial charge is 0.123 e. The van der Waals surface area contributed by atoms with Gasteiger partial charge in [-0.15, -0.1) is 0 Å². The molecule has 74 valence electrons. The fourth-order valence-electron chi connectivity index (χ4n) is 2.74. The van der Waals surface area contributed by atoms with E-state index in [1.54, 1.807) is 0 Å². The van der Waals surface area contributed by atoms with E-state index in [1.165, 1.54) is 12.0 Å². The van der Waals surface area contributed by atoms with E-state index in [2.05, 4.69) is 36.6 Å². The van der Waals surface area contributed by atoms with Crippen LogP contribution in [-0.4, -0.2) is 19.7 Å². The average molecular weight is 189 g/mol. The number of nitrogens with one attached hydrogen (secondary N) is 1. The number of para-hydroxylation sites is 1. The van der Waals surface area contributed by atoms with Crippen molar-refractivity contribution in [3.8, 4) is 5.75 Å². The molecule has 14 heavy (non-hydrogen) atoms. The van der Waals surface area contributed by atoms with E-state index in [-0.39, 0.29) is 0 Å². The van der Waals surface area contributed by atoms with Crippen LogP contribution in [-0.2, 0) is 5.41 Å². The Labute approximate surface area is 84.3 Å². The van der Waals surface area contributed by atoms with Crippen LogP contribution in [0, 0.1) is 0 Å². The minimum absolute atomic E-state index is 0.392. The summed E-state index contributed by atoms with van der Waals surface area (Å²) >= 11 is 0. The first kappa shape index (κ1) is 8.30. The maximum absolute atomic E-state index is 5.66. The number of hydrogen-bond acceptors (Lipinski definition) is 2. The van der Waals surface area contributed by atoms with Crippen molar-refractivity contribution in [2.75, 3.05) is 13.7 Å². The van der Waals surface area contributed by atoms with Crippen LogP contribution >= 0.6 is 0 Å². The van der Waals surface area contributed by atoms with Gasteiger partial charge < -0.3 is 10.1 Å². The van der Waals surface area contributed by atoms with Crippen LogP contribution in [0.3, 0.4) is 0 Å². The molecule has 1 aliphatic carbocycles. The maximum atomic E-state index is 5.66. The molecule has 1 spiro atoms. The standard InChI is InChI=1S/C12H15NO/c1-13-11-8-12(11)6-7-14-10-5-3-2-4-9(10)12/h2-5,11,13H,6-8H2,1H3. The highest BCUT2D eigenvalue weighted by Crippen LogP contribution is 2.55. The zero-order valence-corrected chi connectivity index (χ0v) is 8.42. The fourth-order valence-corrected chi connectivity index (χ4v) is 2.74. The van der Waals surface area contributed by atoms with Crippen LogP contribution in [0.15, 0.2) is 24.3 Å². The van der Waals surface area contributed by atoms with Crippen LogP contribution in [0.5, 0.6) is 5.75 Å². The summed E-state index contributed by atoms with van der Waals surface area (Å²) in [5.74, 6) is 1.09. The van der Waals surface area contributed by atoms with Gasteiger partial charge in [-0.3, -0.25) is 0 Å². The van der Waals surface area contributed by atoms with E-state index in [1.807, 2.05) is 0 Å². The molecule has 2 heteroatoms. The number of hydrogen-bond donors (Lipinski definition) is 1. The second kappa shape index (κ2) is 2.74. The summed E-state index contributed by atoms with van der Waals surface area (Å²) in [7, 11) is 2.05. The van der Waals surface area contributed by atoms with Gasteiger partial charge in [0.1, 0.15) is 5.75 Å². The number of rotatable bonds is 1. The van der Waals surface area contributed by atoms with E-state index < -0.39 is 0 Å². The molecule has 0 radical (unpaired) electrons. The predicted octanol–water partition coefficient (Wildman–Crippen LogP) is 1.70. The lowest BCUT2D eigenvalue weighted by Gasteiger charge is -2.26. The van der Waals surface area contributed by atoms with Gasteiger partial charge in [-0.25, -0.2) is 0 Å². The third-order valence-electron chi connectivity index (χ3n) is 3.65. The lowest BCUT2D eigenvalue weighted by Crippen LogP contribution is -2.28. The van der Waals surface area contributed by atoms with E-state index in [4.69, 9.17) is 4.74 Å². The van der Waals surface area contributed by atoms with E-state index in [0.717, 1.165) is 18.8 Å². The molecule has 2 unspecified atom stereocenters. The fraction of sp³-hybridized carbons (Fsp3) is 0.500. The highest BCUT2D eigenvalue weighted by Gasteiger charge is 2.56. The summed E-state index contributed by atoms with van der Waals surface area (Å²) in [5, 5.41) is 3.38. The van der Waals surface area contributed by atoms with Gasteiger partial charge in [0.05, 0.1) is 6.61 Å². The van der Waals surface area contributed by atoms with Crippen LogP contribution < -0.4 is 10.1 Å². The summed E-state index contributed by atoms with van der Waals surface area (Å²) in [6.45, 7) is 0.870. The third-order valence-corrected chi connectivity index (χ3v) is 3.65. The van der Waals surface area contributed by atoms with Crippen molar-refractivity contribution < 1.29 is 4.74 Å². The molecule has 3 rings (SSSR count). The summed E-state index contributed by atoms with van der Waals surface area (Å²) in [5.41, 5.74) is 1.80. The van der Waals surface area contributed by atoms with Crippen LogP contribution in [0.4, 0.5) is 0 Å². The minimum Gasteiger partial charge on any atom is -0.493 e. The number of likely N-dealkylation sites (N-methyl/N-ethyl adjacent to an activating group) is 1. The van der Waals surface area contributed by atoms with Gasteiger partial charge in [0, 0.05) is 17.0 Å². The Morgan fingerprint density at radius 1 is 1.43 bits per heavy atom. The molecule has 1 N–H and O–H groups in total. The molecule has 0 amide bonds. The highest BCUT2D eigenvalue weighted by atomic mass is 16.5. The molecule has 0 aromatic heterocycles. The molecular weight excluding hydrogens is 174 g/mol. The topological polar surface area (TPSA) is 21.3 Å². The molecule has 0 saturated heterocycles. The highest BCUT2D eigenvalue weighted by molar-refractivity contribution is 5.47. The van der Waals surface area contributed by atoms with Crippen molar-refractivity contribution in [1.29, 1.82) is 0 Å². The van der Waals surface area contributed by atoms with Crippen molar-refractivity contribution in [2.24, 2.45) is 0 Å². The summed E-state index contributed by atoms with van der Waals surface area (Å²) in [4.78, 5) is 0. The van der Waals surface area contributed by atoms with Gasteiger partial charge in [0.25, 0.3) is 0 Å². The normalized spacial score (nSPS) is 33.6. The zero-order valence-electron chi connectivity index (χ0n) is 8.42. The van der Waals surface area contributed by atoms with Gasteiger partial charge in [-0.05, 0) is 26.0 Å². The van der Waals surface area contributed by atoms with Gasteiger partial charge in [-0.2, -0.15) is 0 Å². The summed E-state index contributed by atoms with van der Waals surface area (Å²) < 4.78 is 5.66. The summed E-state index contributed by atoms with van der Waals surface area (Å²) in [6, 6.07) is 9.12. The molecule has 2 aliphatic rings. The zero-order chi connectivity index (χ0) is 9.60. The first-order valence-electron chi connectivity index (χ1n) is 5.26. The predicted molar refractivity (Wildman–Crippen MR) is 55.7 cm³/mol. The molecule has 1 heterocycles. The number of fused-ring (bicyclic) bond motifs is 2. The monoisotopic (exact) mass is 189 g/mol. The molecule has 2 atom stereocenters. The Balaban J connectivity index is 2.05. The lowest BCUT2D eigenvalue weighted by atomic mass is 9.89. The van der Waals surface area contributed by atoms with Crippen LogP contribution in [0.1, 0.15) is 18.4 Å². The molecule has 1 aliphatic heterocycles. The largest absolute Gasteiger partial charge is 0.493 e. The van der Waals surface area contributed by atoms with E-state index in [9.17, 15) is 0 Å². The first-order valence-corrected chi connectivity index (χ1v) is 5.26. The first-order chi connectivity index (χ1) is 6.87. The quantitative estimate of drug-likeness (QED) is 0.726. The number of benzene rings is 1. The average Bonchev–Trinajstić information content (AvgIpc) is 2.94. The molecular formula is C12H15NO. The Morgan fingerprint density at radius 3 is 3.07 bits per heavy atom. The van der Waals surface area contributed by atoms with Crippen LogP contribution in [0.2, 0.25) is 0 Å². The molecule has 0 bridgehead atoms. The molecule has 1 saturated carbocycles. The maximum Gasteiger partial charge on any atom is 0.123 e. The second-order valence-electron chi connectivity index (χ2n) is 4.30. The Hall–Kier alpha value is -1.02. The Morgan fingerprint density at radius 2 is 2.29 bits per heavy atom. The summed E-state index contributed by atoms with van der Waals surface area (Å²) in [6.07, 6.45) is 2.43. The Kier molecular flexibility index (Phi) is 1.62. The minimum atomic E-state index is 0.392. The third kappa shape index (κ3) is 0.947. The van der Waals surface area contributed by atoms with Crippen molar-refractivity contribution in [3.63, 3.8) is 0 Å². The van der Waals surface area contributed by atoms with E-state index in [0.29, 0.717) is 11.5 Å². The van der Waals surface area contributed by atoms with Gasteiger partial charge >= 0.3 is 0 Å².